The van der Waals surface area contributed by atoms with Gasteiger partial charge in [-0.05, 0) is 48.9 Å². The van der Waals surface area contributed by atoms with Gasteiger partial charge in [-0.2, -0.15) is 0 Å². The van der Waals surface area contributed by atoms with Crippen LogP contribution in [0.2, 0.25) is 0 Å². The van der Waals surface area contributed by atoms with Crippen LogP contribution in [0.1, 0.15) is 43.5 Å². The lowest BCUT2D eigenvalue weighted by Crippen LogP contribution is -2.37. The number of rotatable bonds is 3. The largest absolute Gasteiger partial charge is 0.349 e. The van der Waals surface area contributed by atoms with Crippen molar-refractivity contribution in [2.45, 2.75) is 44.0 Å². The van der Waals surface area contributed by atoms with E-state index in [1.165, 1.54) is 12.8 Å². The predicted octanol–water partition coefficient (Wildman–Crippen LogP) is 3.53. The van der Waals surface area contributed by atoms with E-state index >= 15 is 0 Å². The first-order chi connectivity index (χ1) is 8.61. The average Bonchev–Trinajstić information content (AvgIpc) is 2.71. The van der Waals surface area contributed by atoms with Gasteiger partial charge in [0.1, 0.15) is 0 Å². The van der Waals surface area contributed by atoms with Crippen molar-refractivity contribution in [2.24, 2.45) is 11.8 Å². The molecule has 0 radical (unpaired) electrons. The highest BCUT2D eigenvalue weighted by atomic mass is 32.1. The summed E-state index contributed by atoms with van der Waals surface area (Å²) in [6.07, 6.45) is 3.55. The van der Waals surface area contributed by atoms with Crippen molar-refractivity contribution >= 4 is 18.5 Å². The van der Waals surface area contributed by atoms with Gasteiger partial charge in [0.2, 0.25) is 0 Å². The van der Waals surface area contributed by atoms with Crippen LogP contribution in [0.5, 0.6) is 0 Å². The fraction of sp³-hybridized carbons (Fsp3) is 0.533. The van der Waals surface area contributed by atoms with Crippen LogP contribution < -0.4 is 5.32 Å². The highest BCUT2D eigenvalue weighted by Crippen LogP contribution is 2.33. The molecule has 0 aliphatic heterocycles. The minimum Gasteiger partial charge on any atom is -0.349 e. The van der Waals surface area contributed by atoms with Crippen LogP contribution in [-0.2, 0) is 0 Å². The van der Waals surface area contributed by atoms with Gasteiger partial charge in [-0.25, -0.2) is 0 Å². The second-order valence-corrected chi connectivity index (χ2v) is 5.75. The van der Waals surface area contributed by atoms with E-state index in [0.29, 0.717) is 12.0 Å². The number of benzene rings is 1. The van der Waals surface area contributed by atoms with E-state index in [1.807, 2.05) is 24.3 Å². The Bertz CT molecular complexity index is 415. The van der Waals surface area contributed by atoms with E-state index in [0.717, 1.165) is 22.8 Å². The lowest BCUT2D eigenvalue weighted by atomic mass is 9.93. The molecule has 98 valence electrons. The van der Waals surface area contributed by atoms with Crippen molar-refractivity contribution < 1.29 is 4.79 Å². The highest BCUT2D eigenvalue weighted by Gasteiger charge is 2.32. The molecule has 3 unspecified atom stereocenters. The Hall–Kier alpha value is -0.960. The monoisotopic (exact) mass is 263 g/mol. The van der Waals surface area contributed by atoms with Crippen LogP contribution in [0.3, 0.4) is 0 Å². The van der Waals surface area contributed by atoms with Crippen LogP contribution >= 0.6 is 12.6 Å². The normalized spacial score (nSPS) is 27.2. The van der Waals surface area contributed by atoms with E-state index in [2.05, 4.69) is 31.8 Å². The zero-order valence-corrected chi connectivity index (χ0v) is 11.9. The van der Waals surface area contributed by atoms with E-state index in [4.69, 9.17) is 0 Å². The molecule has 0 spiro atoms. The zero-order chi connectivity index (χ0) is 13.1. The quantitative estimate of drug-likeness (QED) is 0.803. The molecular weight excluding hydrogens is 242 g/mol. The molecule has 1 fully saturated rings. The van der Waals surface area contributed by atoms with Gasteiger partial charge in [-0.15, -0.1) is 12.6 Å². The summed E-state index contributed by atoms with van der Waals surface area (Å²) in [5.41, 5.74) is 0.722. The first-order valence-corrected chi connectivity index (χ1v) is 7.16. The second-order valence-electron chi connectivity index (χ2n) is 5.23. The van der Waals surface area contributed by atoms with E-state index < -0.39 is 0 Å². The van der Waals surface area contributed by atoms with Crippen LogP contribution in [0.4, 0.5) is 0 Å². The van der Waals surface area contributed by atoms with Crippen LogP contribution in [0, 0.1) is 11.8 Å². The van der Waals surface area contributed by atoms with Crippen molar-refractivity contribution in [3.63, 3.8) is 0 Å². The summed E-state index contributed by atoms with van der Waals surface area (Å²) in [7, 11) is 0. The molecule has 1 saturated carbocycles. The van der Waals surface area contributed by atoms with Gasteiger partial charge in [0.15, 0.2) is 0 Å². The molecule has 1 aliphatic rings. The third kappa shape index (κ3) is 2.89. The van der Waals surface area contributed by atoms with Crippen molar-refractivity contribution in [1.82, 2.24) is 5.32 Å². The number of carbonyl (C=O) groups is 1. The molecule has 0 aromatic heterocycles. The maximum Gasteiger partial charge on any atom is 0.251 e. The molecule has 2 nitrogen and oxygen atoms in total. The maximum atomic E-state index is 12.1. The molecule has 0 heterocycles. The molecule has 1 amide bonds. The molecule has 3 atom stereocenters. The summed E-state index contributed by atoms with van der Waals surface area (Å²) >= 11 is 4.22. The van der Waals surface area contributed by atoms with Crippen LogP contribution in [0.25, 0.3) is 0 Å². The Morgan fingerprint density at radius 2 is 2.00 bits per heavy atom. The summed E-state index contributed by atoms with van der Waals surface area (Å²) in [6, 6.07) is 7.69. The van der Waals surface area contributed by atoms with Crippen molar-refractivity contribution in [2.75, 3.05) is 0 Å². The SMILES string of the molecule is CCC1CCC(NC(=O)c2ccc(S)cc2)C1C. The highest BCUT2D eigenvalue weighted by molar-refractivity contribution is 7.80. The van der Waals surface area contributed by atoms with E-state index in [-0.39, 0.29) is 5.91 Å². The van der Waals surface area contributed by atoms with Gasteiger partial charge < -0.3 is 5.32 Å². The van der Waals surface area contributed by atoms with Crippen molar-refractivity contribution in [1.29, 1.82) is 0 Å². The van der Waals surface area contributed by atoms with Crippen LogP contribution in [-0.4, -0.2) is 11.9 Å². The van der Waals surface area contributed by atoms with E-state index in [1.54, 1.807) is 0 Å². The Morgan fingerprint density at radius 3 is 2.56 bits per heavy atom. The molecular formula is C15H21NOS. The summed E-state index contributed by atoms with van der Waals surface area (Å²) in [5.74, 6) is 1.38. The van der Waals surface area contributed by atoms with E-state index in [9.17, 15) is 4.79 Å². The predicted molar refractivity (Wildman–Crippen MR) is 77.1 cm³/mol. The Labute approximate surface area is 115 Å². The summed E-state index contributed by atoms with van der Waals surface area (Å²) in [4.78, 5) is 13.0. The number of thiol groups is 1. The Balaban J connectivity index is 1.98. The standard InChI is InChI=1S/C15H21NOS/c1-3-11-6-9-14(10(11)2)16-15(17)12-4-7-13(18)8-5-12/h4-5,7-8,10-11,14,18H,3,6,9H2,1-2H3,(H,16,17). The van der Waals surface area contributed by atoms with Crippen molar-refractivity contribution in [3.8, 4) is 0 Å². The number of nitrogens with one attached hydrogen (secondary N) is 1. The van der Waals surface area contributed by atoms with Crippen LogP contribution in [0.15, 0.2) is 29.2 Å². The van der Waals surface area contributed by atoms with Gasteiger partial charge in [-0.1, -0.05) is 20.3 Å². The Morgan fingerprint density at radius 1 is 1.33 bits per heavy atom. The third-order valence-corrected chi connectivity index (χ3v) is 4.50. The molecule has 1 aliphatic carbocycles. The molecule has 18 heavy (non-hydrogen) atoms. The number of amides is 1. The van der Waals surface area contributed by atoms with Gasteiger partial charge in [0.25, 0.3) is 5.91 Å². The summed E-state index contributed by atoms with van der Waals surface area (Å²) in [6.45, 7) is 4.49. The number of hydrogen-bond acceptors (Lipinski definition) is 2. The maximum absolute atomic E-state index is 12.1. The summed E-state index contributed by atoms with van der Waals surface area (Å²) < 4.78 is 0. The number of carbonyl (C=O) groups excluding carboxylic acids is 1. The second kappa shape index (κ2) is 5.79. The fourth-order valence-corrected chi connectivity index (χ4v) is 3.04. The molecule has 0 bridgehead atoms. The molecule has 3 heteroatoms. The summed E-state index contributed by atoms with van der Waals surface area (Å²) in [5, 5.41) is 3.16. The average molecular weight is 263 g/mol. The van der Waals surface area contributed by atoms with Gasteiger partial charge >= 0.3 is 0 Å². The topological polar surface area (TPSA) is 29.1 Å². The first kappa shape index (κ1) is 13.5. The molecule has 0 saturated heterocycles. The zero-order valence-electron chi connectivity index (χ0n) is 11.0. The Kier molecular flexibility index (Phi) is 4.33. The smallest absolute Gasteiger partial charge is 0.251 e. The molecule has 1 aromatic carbocycles. The van der Waals surface area contributed by atoms with Gasteiger partial charge in [0, 0.05) is 16.5 Å². The minimum absolute atomic E-state index is 0.0388. The first-order valence-electron chi connectivity index (χ1n) is 6.71. The lowest BCUT2D eigenvalue weighted by molar-refractivity contribution is 0.0926. The van der Waals surface area contributed by atoms with Crippen molar-refractivity contribution in [3.05, 3.63) is 29.8 Å². The fourth-order valence-electron chi connectivity index (χ4n) is 2.89. The third-order valence-electron chi connectivity index (χ3n) is 4.20. The lowest BCUT2D eigenvalue weighted by Gasteiger charge is -2.21. The minimum atomic E-state index is 0.0388. The molecule has 2 rings (SSSR count). The number of hydrogen-bond donors (Lipinski definition) is 2. The van der Waals surface area contributed by atoms with Gasteiger partial charge in [0.05, 0.1) is 0 Å². The van der Waals surface area contributed by atoms with Gasteiger partial charge in [-0.3, -0.25) is 4.79 Å². The molecule has 1 N–H and O–H groups in total. The molecule has 1 aromatic rings.